The summed E-state index contributed by atoms with van der Waals surface area (Å²) in [7, 11) is 0. The summed E-state index contributed by atoms with van der Waals surface area (Å²) < 4.78 is 0. The maximum absolute atomic E-state index is 3.50. The quantitative estimate of drug-likeness (QED) is 0.626. The van der Waals surface area contributed by atoms with Gasteiger partial charge in [0.1, 0.15) is 0 Å². The van der Waals surface area contributed by atoms with E-state index in [0.717, 1.165) is 12.6 Å². The monoisotopic (exact) mass is 143 g/mol. The van der Waals surface area contributed by atoms with Gasteiger partial charge in [0.2, 0.25) is 0 Å². The summed E-state index contributed by atoms with van der Waals surface area (Å²) in [6.07, 6.45) is 4.13. The summed E-state index contributed by atoms with van der Waals surface area (Å²) in [6, 6.07) is 0.806. The van der Waals surface area contributed by atoms with E-state index >= 15 is 0 Å². The summed E-state index contributed by atoms with van der Waals surface area (Å²) >= 11 is 0. The maximum Gasteiger partial charge on any atom is 0.00722 e. The molecule has 1 aliphatic carbocycles. The minimum absolute atomic E-state index is 0. The van der Waals surface area contributed by atoms with Gasteiger partial charge in [-0.05, 0) is 31.2 Å². The summed E-state index contributed by atoms with van der Waals surface area (Å²) in [4.78, 5) is 0. The van der Waals surface area contributed by atoms with Crippen LogP contribution in [0, 0.1) is 5.41 Å². The average Bonchev–Trinajstić information content (AvgIpc) is 2.12. The first kappa shape index (κ1) is 8.06. The highest BCUT2D eigenvalue weighted by Gasteiger charge is 2.29. The molecule has 0 spiro atoms. The van der Waals surface area contributed by atoms with Gasteiger partial charge in [-0.15, -0.1) is 0 Å². The Morgan fingerprint density at radius 2 is 2.30 bits per heavy atom. The summed E-state index contributed by atoms with van der Waals surface area (Å²) in [5.74, 6) is 0. The van der Waals surface area contributed by atoms with E-state index < -0.39 is 0 Å². The van der Waals surface area contributed by atoms with E-state index in [1.807, 2.05) is 0 Å². The molecule has 1 aliphatic rings. The fourth-order valence-electron chi connectivity index (χ4n) is 1.90. The Bertz CT molecular complexity index is 112. The number of nitrogens with one attached hydrogen (secondary N) is 1. The zero-order chi connectivity index (χ0) is 7.61. The Morgan fingerprint density at radius 1 is 1.60 bits per heavy atom. The lowest BCUT2D eigenvalue weighted by Gasteiger charge is -2.17. The van der Waals surface area contributed by atoms with Crippen molar-refractivity contribution in [1.29, 1.82) is 0 Å². The van der Waals surface area contributed by atoms with Gasteiger partial charge in [0.15, 0.2) is 0 Å². The van der Waals surface area contributed by atoms with Crippen LogP contribution in [-0.2, 0) is 0 Å². The van der Waals surface area contributed by atoms with E-state index in [2.05, 4.69) is 26.1 Å². The molecule has 0 aliphatic heterocycles. The van der Waals surface area contributed by atoms with Crippen molar-refractivity contribution in [3.63, 3.8) is 0 Å². The molecule has 1 heteroatoms. The first-order valence-electron chi connectivity index (χ1n) is 4.37. The van der Waals surface area contributed by atoms with Crippen LogP contribution in [0.4, 0.5) is 0 Å². The van der Waals surface area contributed by atoms with E-state index in [1.165, 1.54) is 19.3 Å². The minimum Gasteiger partial charge on any atom is -0.314 e. The van der Waals surface area contributed by atoms with Crippen LogP contribution >= 0.6 is 0 Å². The van der Waals surface area contributed by atoms with Crippen LogP contribution in [0.25, 0.3) is 0 Å². The fraction of sp³-hybridized carbons (Fsp3) is 1.00. The van der Waals surface area contributed by atoms with Crippen molar-refractivity contribution in [2.24, 2.45) is 5.41 Å². The zero-order valence-electron chi connectivity index (χ0n) is 7.41. The van der Waals surface area contributed by atoms with E-state index in [1.54, 1.807) is 0 Å². The first-order valence-corrected chi connectivity index (χ1v) is 4.37. The highest BCUT2D eigenvalue weighted by Crippen LogP contribution is 2.36. The Hall–Kier alpha value is -0.0400. The van der Waals surface area contributed by atoms with E-state index in [-0.39, 0.29) is 1.43 Å². The summed E-state index contributed by atoms with van der Waals surface area (Å²) in [6.45, 7) is 8.04. The van der Waals surface area contributed by atoms with Gasteiger partial charge in [0.05, 0.1) is 0 Å². The van der Waals surface area contributed by atoms with Gasteiger partial charge in [-0.25, -0.2) is 0 Å². The normalized spacial score (nSPS) is 30.9. The molecule has 1 rings (SSSR count). The lowest BCUT2D eigenvalue weighted by Crippen LogP contribution is -2.26. The molecule has 1 fully saturated rings. The molecule has 0 amide bonds. The third-order valence-electron chi connectivity index (χ3n) is 2.46. The number of hydrogen-bond donors (Lipinski definition) is 1. The molecule has 0 bridgehead atoms. The van der Waals surface area contributed by atoms with E-state index in [4.69, 9.17) is 0 Å². The molecule has 0 saturated heterocycles. The standard InChI is InChI=1S/C9H19N.H2/c1-4-10-8-5-6-9(2,3)7-8;/h8,10H,4-7H2,1-3H3;1H. The molecule has 10 heavy (non-hydrogen) atoms. The van der Waals surface area contributed by atoms with Crippen LogP contribution in [0.3, 0.4) is 0 Å². The molecule has 1 saturated carbocycles. The van der Waals surface area contributed by atoms with E-state index in [9.17, 15) is 0 Å². The van der Waals surface area contributed by atoms with Crippen LogP contribution < -0.4 is 5.32 Å². The van der Waals surface area contributed by atoms with Gasteiger partial charge in [0, 0.05) is 7.47 Å². The zero-order valence-corrected chi connectivity index (χ0v) is 7.41. The average molecular weight is 143 g/mol. The van der Waals surface area contributed by atoms with Crippen LogP contribution in [0.15, 0.2) is 0 Å². The summed E-state index contributed by atoms with van der Waals surface area (Å²) in [5, 5.41) is 3.50. The van der Waals surface area contributed by atoms with Gasteiger partial charge >= 0.3 is 0 Å². The van der Waals surface area contributed by atoms with E-state index in [0.29, 0.717) is 5.41 Å². The second-order valence-electron chi connectivity index (χ2n) is 4.16. The molecule has 0 aromatic carbocycles. The summed E-state index contributed by atoms with van der Waals surface area (Å²) in [5.41, 5.74) is 0.604. The predicted octanol–water partition coefficient (Wildman–Crippen LogP) is 2.42. The Morgan fingerprint density at radius 3 is 2.70 bits per heavy atom. The van der Waals surface area contributed by atoms with Gasteiger partial charge in [-0.2, -0.15) is 0 Å². The minimum atomic E-state index is 0. The lowest BCUT2D eigenvalue weighted by molar-refractivity contribution is 0.366. The van der Waals surface area contributed by atoms with Crippen LogP contribution in [0.5, 0.6) is 0 Å². The third-order valence-corrected chi connectivity index (χ3v) is 2.46. The Kier molecular flexibility index (Phi) is 2.35. The molecular formula is C9H21N. The molecule has 0 radical (unpaired) electrons. The molecule has 0 heterocycles. The van der Waals surface area contributed by atoms with Crippen molar-refractivity contribution in [3.05, 3.63) is 0 Å². The fourth-order valence-corrected chi connectivity index (χ4v) is 1.90. The number of rotatable bonds is 2. The first-order chi connectivity index (χ1) is 4.64. The number of hydrogen-bond acceptors (Lipinski definition) is 1. The van der Waals surface area contributed by atoms with Crippen LogP contribution in [0.1, 0.15) is 41.5 Å². The molecule has 1 unspecified atom stereocenters. The molecule has 0 aromatic rings. The van der Waals surface area contributed by atoms with Crippen molar-refractivity contribution < 1.29 is 1.43 Å². The van der Waals surface area contributed by atoms with Gasteiger partial charge in [0.25, 0.3) is 0 Å². The molecule has 1 N–H and O–H groups in total. The molecular weight excluding hydrogens is 122 g/mol. The molecule has 62 valence electrons. The van der Waals surface area contributed by atoms with Crippen molar-refractivity contribution >= 4 is 0 Å². The van der Waals surface area contributed by atoms with Gasteiger partial charge in [-0.3, -0.25) is 0 Å². The van der Waals surface area contributed by atoms with Crippen LogP contribution in [-0.4, -0.2) is 12.6 Å². The van der Waals surface area contributed by atoms with Crippen molar-refractivity contribution in [1.82, 2.24) is 5.32 Å². The van der Waals surface area contributed by atoms with Gasteiger partial charge < -0.3 is 5.32 Å². The highest BCUT2D eigenvalue weighted by molar-refractivity contribution is 4.85. The molecule has 1 nitrogen and oxygen atoms in total. The van der Waals surface area contributed by atoms with Crippen molar-refractivity contribution in [2.45, 2.75) is 46.1 Å². The maximum atomic E-state index is 3.50. The molecule has 1 atom stereocenters. The lowest BCUT2D eigenvalue weighted by atomic mass is 9.92. The second kappa shape index (κ2) is 2.91. The van der Waals surface area contributed by atoms with Crippen molar-refractivity contribution in [2.75, 3.05) is 6.54 Å². The largest absolute Gasteiger partial charge is 0.314 e. The highest BCUT2D eigenvalue weighted by atomic mass is 14.9. The second-order valence-corrected chi connectivity index (χ2v) is 4.16. The van der Waals surface area contributed by atoms with Gasteiger partial charge in [-0.1, -0.05) is 20.8 Å². The van der Waals surface area contributed by atoms with Crippen molar-refractivity contribution in [3.8, 4) is 0 Å². The smallest absolute Gasteiger partial charge is 0.00722 e. The SMILES string of the molecule is CCNC1CCC(C)(C)C1.[HH]. The third kappa shape index (κ3) is 1.98. The Labute approximate surface area is 65.7 Å². The molecule has 0 aromatic heterocycles. The van der Waals surface area contributed by atoms with Crippen LogP contribution in [0.2, 0.25) is 0 Å². The topological polar surface area (TPSA) is 12.0 Å². The predicted molar refractivity (Wildman–Crippen MR) is 47.2 cm³/mol. The Balaban J connectivity index is 0.000001000.